The molecule has 2 aliphatic rings. The van der Waals surface area contributed by atoms with Crippen molar-refractivity contribution in [3.63, 3.8) is 0 Å². The molecule has 1 heterocycles. The third-order valence-corrected chi connectivity index (χ3v) is 5.44. The molecule has 2 fully saturated rings. The van der Waals surface area contributed by atoms with Crippen LogP contribution in [0.1, 0.15) is 56.9 Å². The zero-order chi connectivity index (χ0) is 16.1. The number of piperidine rings is 1. The summed E-state index contributed by atoms with van der Waals surface area (Å²) in [6, 6.07) is 8.80. The van der Waals surface area contributed by atoms with Crippen molar-refractivity contribution in [3.8, 4) is 0 Å². The number of rotatable bonds is 5. The van der Waals surface area contributed by atoms with Crippen LogP contribution >= 0.6 is 0 Å². The first-order chi connectivity index (χ1) is 11.2. The number of anilines is 1. The van der Waals surface area contributed by atoms with E-state index < -0.39 is 0 Å². The minimum atomic E-state index is 0.303. The van der Waals surface area contributed by atoms with Crippen molar-refractivity contribution in [1.29, 1.82) is 0 Å². The van der Waals surface area contributed by atoms with Crippen LogP contribution in [0.15, 0.2) is 24.3 Å². The van der Waals surface area contributed by atoms with Gasteiger partial charge in [0.15, 0.2) is 0 Å². The van der Waals surface area contributed by atoms with Gasteiger partial charge in [0.25, 0.3) is 0 Å². The van der Waals surface area contributed by atoms with Gasteiger partial charge in [0.1, 0.15) is 0 Å². The second-order valence-corrected chi connectivity index (χ2v) is 7.32. The van der Waals surface area contributed by atoms with Gasteiger partial charge in [-0.1, -0.05) is 25.0 Å². The lowest BCUT2D eigenvalue weighted by Gasteiger charge is -2.29. The molecule has 1 aromatic carbocycles. The Hall–Kier alpha value is -1.51. The van der Waals surface area contributed by atoms with Crippen molar-refractivity contribution >= 4 is 11.6 Å². The molecule has 1 aliphatic heterocycles. The average molecular weight is 314 g/mol. The highest BCUT2D eigenvalue weighted by Gasteiger charge is 2.20. The molecule has 3 nitrogen and oxygen atoms in total. The Morgan fingerprint density at radius 1 is 1.04 bits per heavy atom. The first-order valence-corrected chi connectivity index (χ1v) is 9.30. The van der Waals surface area contributed by atoms with E-state index >= 15 is 0 Å². The predicted molar refractivity (Wildman–Crippen MR) is 95.6 cm³/mol. The van der Waals surface area contributed by atoms with Crippen LogP contribution in [-0.4, -0.2) is 30.9 Å². The summed E-state index contributed by atoms with van der Waals surface area (Å²) in [5, 5.41) is 0. The summed E-state index contributed by atoms with van der Waals surface area (Å²) in [6.07, 6.45) is 9.80. The first-order valence-electron chi connectivity index (χ1n) is 9.30. The van der Waals surface area contributed by atoms with Crippen LogP contribution in [0.25, 0.3) is 0 Å². The highest BCUT2D eigenvalue weighted by atomic mass is 16.2. The molecule has 126 valence electrons. The summed E-state index contributed by atoms with van der Waals surface area (Å²) in [6.45, 7) is 3.09. The zero-order valence-electron chi connectivity index (χ0n) is 14.5. The molecular formula is C20H30N2O. The lowest BCUT2D eigenvalue weighted by molar-refractivity contribution is -0.131. The zero-order valence-corrected chi connectivity index (χ0v) is 14.5. The highest BCUT2D eigenvalue weighted by molar-refractivity contribution is 5.76. The van der Waals surface area contributed by atoms with Crippen molar-refractivity contribution in [2.45, 2.75) is 57.9 Å². The molecule has 1 aromatic rings. The van der Waals surface area contributed by atoms with Crippen molar-refractivity contribution in [1.82, 2.24) is 4.90 Å². The SMILES string of the molecule is CN(Cc1ccc(N2CCCCC2)cc1)C(=O)CC1CCCC1. The van der Waals surface area contributed by atoms with Gasteiger partial charge in [0.2, 0.25) is 5.91 Å². The first kappa shape index (κ1) is 16.4. The molecule has 0 unspecified atom stereocenters. The monoisotopic (exact) mass is 314 g/mol. The maximum absolute atomic E-state index is 12.3. The van der Waals surface area contributed by atoms with E-state index in [4.69, 9.17) is 0 Å². The molecule has 23 heavy (non-hydrogen) atoms. The van der Waals surface area contributed by atoms with Gasteiger partial charge in [-0.05, 0) is 55.7 Å². The summed E-state index contributed by atoms with van der Waals surface area (Å²) in [7, 11) is 1.94. The van der Waals surface area contributed by atoms with Crippen molar-refractivity contribution in [2.24, 2.45) is 5.92 Å². The topological polar surface area (TPSA) is 23.6 Å². The third kappa shape index (κ3) is 4.49. The molecule has 0 atom stereocenters. The maximum atomic E-state index is 12.3. The van der Waals surface area contributed by atoms with Gasteiger partial charge >= 0.3 is 0 Å². The second-order valence-electron chi connectivity index (χ2n) is 7.32. The van der Waals surface area contributed by atoms with E-state index in [0.717, 1.165) is 13.0 Å². The number of nitrogens with zero attached hydrogens (tertiary/aromatic N) is 2. The summed E-state index contributed by atoms with van der Waals surface area (Å²) >= 11 is 0. The van der Waals surface area contributed by atoms with Gasteiger partial charge in [-0.15, -0.1) is 0 Å². The Balaban J connectivity index is 1.51. The van der Waals surface area contributed by atoms with Crippen molar-refractivity contribution < 1.29 is 4.79 Å². The summed E-state index contributed by atoms with van der Waals surface area (Å²) in [5.74, 6) is 0.934. The molecular weight excluding hydrogens is 284 g/mol. The highest BCUT2D eigenvalue weighted by Crippen LogP contribution is 2.28. The Labute approximate surface area is 140 Å². The van der Waals surface area contributed by atoms with Gasteiger partial charge in [-0.3, -0.25) is 4.79 Å². The van der Waals surface area contributed by atoms with Gasteiger partial charge < -0.3 is 9.80 Å². The fourth-order valence-corrected chi connectivity index (χ4v) is 3.94. The molecule has 0 spiro atoms. The van der Waals surface area contributed by atoms with Crippen LogP contribution in [0.4, 0.5) is 5.69 Å². The van der Waals surface area contributed by atoms with E-state index in [1.165, 1.54) is 69.3 Å². The van der Waals surface area contributed by atoms with E-state index in [2.05, 4.69) is 29.2 Å². The molecule has 1 saturated carbocycles. The van der Waals surface area contributed by atoms with Crippen LogP contribution in [-0.2, 0) is 11.3 Å². The van der Waals surface area contributed by atoms with E-state index in [1.54, 1.807) is 0 Å². The van der Waals surface area contributed by atoms with Crippen molar-refractivity contribution in [3.05, 3.63) is 29.8 Å². The van der Waals surface area contributed by atoms with E-state index in [9.17, 15) is 4.79 Å². The minimum absolute atomic E-state index is 0.303. The fourth-order valence-electron chi connectivity index (χ4n) is 3.94. The lowest BCUT2D eigenvalue weighted by Crippen LogP contribution is -2.29. The normalized spacial score (nSPS) is 19.1. The number of hydrogen-bond donors (Lipinski definition) is 0. The van der Waals surface area contributed by atoms with Crippen LogP contribution in [0.5, 0.6) is 0 Å². The Morgan fingerprint density at radius 2 is 1.70 bits per heavy atom. The van der Waals surface area contributed by atoms with Crippen LogP contribution in [0.3, 0.4) is 0 Å². The molecule has 3 rings (SSSR count). The van der Waals surface area contributed by atoms with E-state index in [1.807, 2.05) is 11.9 Å². The number of benzene rings is 1. The van der Waals surface area contributed by atoms with Gasteiger partial charge in [0.05, 0.1) is 0 Å². The maximum Gasteiger partial charge on any atom is 0.222 e. The number of hydrogen-bond acceptors (Lipinski definition) is 2. The summed E-state index contributed by atoms with van der Waals surface area (Å²) in [5.41, 5.74) is 2.56. The largest absolute Gasteiger partial charge is 0.372 e. The van der Waals surface area contributed by atoms with E-state index in [-0.39, 0.29) is 0 Å². The average Bonchev–Trinajstić information content (AvgIpc) is 3.09. The van der Waals surface area contributed by atoms with Crippen LogP contribution < -0.4 is 4.90 Å². The Bertz CT molecular complexity index is 499. The molecule has 1 saturated heterocycles. The van der Waals surface area contributed by atoms with Crippen LogP contribution in [0, 0.1) is 5.92 Å². The summed E-state index contributed by atoms with van der Waals surface area (Å²) < 4.78 is 0. The fraction of sp³-hybridized carbons (Fsp3) is 0.650. The Kier molecular flexibility index (Phi) is 5.58. The minimum Gasteiger partial charge on any atom is -0.372 e. The smallest absolute Gasteiger partial charge is 0.222 e. The number of carbonyl (C=O) groups is 1. The van der Waals surface area contributed by atoms with Gasteiger partial charge in [-0.25, -0.2) is 0 Å². The molecule has 0 aromatic heterocycles. The molecule has 3 heteroatoms. The van der Waals surface area contributed by atoms with E-state index in [0.29, 0.717) is 11.8 Å². The Morgan fingerprint density at radius 3 is 2.35 bits per heavy atom. The molecule has 1 amide bonds. The predicted octanol–water partition coefficient (Wildman–Crippen LogP) is 4.22. The summed E-state index contributed by atoms with van der Waals surface area (Å²) in [4.78, 5) is 16.7. The van der Waals surface area contributed by atoms with Crippen LogP contribution in [0.2, 0.25) is 0 Å². The van der Waals surface area contributed by atoms with Crippen molar-refractivity contribution in [2.75, 3.05) is 25.0 Å². The molecule has 1 aliphatic carbocycles. The van der Waals surface area contributed by atoms with Gasteiger partial charge in [0, 0.05) is 38.8 Å². The number of carbonyl (C=O) groups excluding carboxylic acids is 1. The number of amides is 1. The standard InChI is InChI=1S/C20H30N2O/c1-21(20(23)15-17-7-3-4-8-17)16-18-9-11-19(12-10-18)22-13-5-2-6-14-22/h9-12,17H,2-8,13-16H2,1H3. The molecule has 0 N–H and O–H groups in total. The molecule has 0 radical (unpaired) electrons. The second kappa shape index (κ2) is 7.85. The third-order valence-electron chi connectivity index (χ3n) is 5.44. The lowest BCUT2D eigenvalue weighted by atomic mass is 10.0. The van der Waals surface area contributed by atoms with Gasteiger partial charge in [-0.2, -0.15) is 0 Å². The molecule has 0 bridgehead atoms. The quantitative estimate of drug-likeness (QED) is 0.812.